The van der Waals surface area contributed by atoms with Crippen LogP contribution in [0.4, 0.5) is 0 Å². The third kappa shape index (κ3) is 4.73. The van der Waals surface area contributed by atoms with Gasteiger partial charge in [0.1, 0.15) is 12.4 Å². The molecule has 21 heavy (non-hydrogen) atoms. The van der Waals surface area contributed by atoms with Gasteiger partial charge in [-0.1, -0.05) is 52.7 Å². The molecule has 0 aromatic heterocycles. The van der Waals surface area contributed by atoms with E-state index in [0.29, 0.717) is 6.61 Å². The Kier molecular flexibility index (Phi) is 6.09. The quantitative estimate of drug-likeness (QED) is 0.742. The normalized spacial score (nSPS) is 12.2. The van der Waals surface area contributed by atoms with Crippen molar-refractivity contribution in [1.82, 2.24) is 5.32 Å². The summed E-state index contributed by atoms with van der Waals surface area (Å²) in [4.78, 5) is 0. The molecule has 0 fully saturated rings. The van der Waals surface area contributed by atoms with Gasteiger partial charge >= 0.3 is 0 Å². The first kappa shape index (κ1) is 16.3. The van der Waals surface area contributed by atoms with Crippen molar-refractivity contribution in [3.8, 4) is 5.75 Å². The van der Waals surface area contributed by atoms with Crippen LogP contribution in [0.5, 0.6) is 5.75 Å². The van der Waals surface area contributed by atoms with Crippen molar-refractivity contribution in [1.29, 1.82) is 0 Å². The summed E-state index contributed by atoms with van der Waals surface area (Å²) in [6.07, 6.45) is 0. The van der Waals surface area contributed by atoms with E-state index in [4.69, 9.17) is 16.3 Å². The Bertz CT molecular complexity index is 586. The van der Waals surface area contributed by atoms with E-state index in [-0.39, 0.29) is 6.04 Å². The molecular weight excluding hydrogens is 350 g/mol. The first-order valence-corrected chi connectivity index (χ1v) is 8.17. The van der Waals surface area contributed by atoms with Gasteiger partial charge in [-0.25, -0.2) is 0 Å². The first-order valence-electron chi connectivity index (χ1n) is 7.00. The molecule has 2 aromatic carbocycles. The predicted molar refractivity (Wildman–Crippen MR) is 92.0 cm³/mol. The molecule has 1 unspecified atom stereocenters. The lowest BCUT2D eigenvalue weighted by atomic mass is 10.1. The van der Waals surface area contributed by atoms with Crippen LogP contribution in [-0.4, -0.2) is 6.54 Å². The summed E-state index contributed by atoms with van der Waals surface area (Å²) in [7, 11) is 0. The fraction of sp³-hybridized carbons (Fsp3) is 0.294. The van der Waals surface area contributed by atoms with Crippen LogP contribution in [0.15, 0.2) is 46.9 Å². The lowest BCUT2D eigenvalue weighted by Crippen LogP contribution is -2.17. The monoisotopic (exact) mass is 367 g/mol. The van der Waals surface area contributed by atoms with Crippen LogP contribution in [0.2, 0.25) is 5.02 Å². The third-order valence-electron chi connectivity index (χ3n) is 3.27. The molecule has 0 saturated carbocycles. The maximum absolute atomic E-state index is 6.34. The molecule has 2 aromatic rings. The molecule has 0 amide bonds. The van der Waals surface area contributed by atoms with Gasteiger partial charge in [0.2, 0.25) is 0 Å². The number of hydrogen-bond donors (Lipinski definition) is 1. The third-order valence-corrected chi connectivity index (χ3v) is 4.12. The van der Waals surface area contributed by atoms with E-state index in [2.05, 4.69) is 35.1 Å². The maximum Gasteiger partial charge on any atom is 0.121 e. The van der Waals surface area contributed by atoms with Gasteiger partial charge in [-0.3, -0.25) is 0 Å². The Balaban J connectivity index is 2.01. The van der Waals surface area contributed by atoms with E-state index in [9.17, 15) is 0 Å². The molecular formula is C17H19BrClNO. The fourth-order valence-electron chi connectivity index (χ4n) is 2.11. The zero-order chi connectivity index (χ0) is 15.2. The first-order chi connectivity index (χ1) is 10.1. The highest BCUT2D eigenvalue weighted by Gasteiger charge is 2.09. The molecule has 2 rings (SSSR count). The van der Waals surface area contributed by atoms with E-state index < -0.39 is 0 Å². The molecule has 4 heteroatoms. The summed E-state index contributed by atoms with van der Waals surface area (Å²) in [5, 5.41) is 4.09. The Hall–Kier alpha value is -1.03. The van der Waals surface area contributed by atoms with Crippen LogP contribution < -0.4 is 10.1 Å². The van der Waals surface area contributed by atoms with Crippen LogP contribution in [0.25, 0.3) is 0 Å². The molecule has 0 heterocycles. The van der Waals surface area contributed by atoms with Gasteiger partial charge < -0.3 is 10.1 Å². The van der Waals surface area contributed by atoms with Crippen molar-refractivity contribution in [2.45, 2.75) is 26.5 Å². The number of nitrogens with one attached hydrogen (secondary N) is 1. The van der Waals surface area contributed by atoms with E-state index in [1.165, 1.54) is 0 Å². The highest BCUT2D eigenvalue weighted by molar-refractivity contribution is 9.10. The minimum absolute atomic E-state index is 0.239. The second-order valence-corrected chi connectivity index (χ2v) is 6.20. The summed E-state index contributed by atoms with van der Waals surface area (Å²) in [5.41, 5.74) is 2.22. The summed E-state index contributed by atoms with van der Waals surface area (Å²) < 4.78 is 6.85. The molecule has 0 radical (unpaired) electrons. The predicted octanol–water partition coefficient (Wildman–Crippen LogP) is 5.35. The Morgan fingerprint density at radius 3 is 2.52 bits per heavy atom. The Morgan fingerprint density at radius 1 is 1.19 bits per heavy atom. The van der Waals surface area contributed by atoms with Crippen LogP contribution in [-0.2, 0) is 6.61 Å². The zero-order valence-electron chi connectivity index (χ0n) is 12.2. The largest absolute Gasteiger partial charge is 0.489 e. The van der Waals surface area contributed by atoms with Crippen molar-refractivity contribution < 1.29 is 4.74 Å². The standard InChI is InChI=1S/C17H19BrClNO/c1-3-20-12(2)16-9-8-15(10-17(16)19)21-11-13-4-6-14(18)7-5-13/h4-10,12,20H,3,11H2,1-2H3. The van der Waals surface area contributed by atoms with Gasteiger partial charge in [0.15, 0.2) is 0 Å². The molecule has 112 valence electrons. The highest BCUT2D eigenvalue weighted by atomic mass is 79.9. The van der Waals surface area contributed by atoms with Crippen molar-refractivity contribution in [3.63, 3.8) is 0 Å². The lowest BCUT2D eigenvalue weighted by molar-refractivity contribution is 0.306. The van der Waals surface area contributed by atoms with Crippen LogP contribution in [0, 0.1) is 0 Å². The van der Waals surface area contributed by atoms with Crippen molar-refractivity contribution in [2.24, 2.45) is 0 Å². The van der Waals surface area contributed by atoms with E-state index in [0.717, 1.165) is 32.9 Å². The smallest absolute Gasteiger partial charge is 0.121 e. The topological polar surface area (TPSA) is 21.3 Å². The lowest BCUT2D eigenvalue weighted by Gasteiger charge is -2.15. The number of halogens is 2. The molecule has 0 spiro atoms. The van der Waals surface area contributed by atoms with Crippen molar-refractivity contribution in [3.05, 3.63) is 63.1 Å². The van der Waals surface area contributed by atoms with E-state index in [1.54, 1.807) is 0 Å². The van der Waals surface area contributed by atoms with E-state index >= 15 is 0 Å². The average molecular weight is 369 g/mol. The summed E-state index contributed by atoms with van der Waals surface area (Å²) in [5.74, 6) is 0.787. The van der Waals surface area contributed by atoms with Gasteiger partial charge in [0.05, 0.1) is 0 Å². The number of rotatable bonds is 6. The summed E-state index contributed by atoms with van der Waals surface area (Å²) >= 11 is 9.76. The molecule has 1 atom stereocenters. The molecule has 0 saturated heterocycles. The number of ether oxygens (including phenoxy) is 1. The van der Waals surface area contributed by atoms with Crippen molar-refractivity contribution in [2.75, 3.05) is 6.54 Å². The fourth-order valence-corrected chi connectivity index (χ4v) is 2.71. The number of benzene rings is 2. The van der Waals surface area contributed by atoms with E-state index in [1.807, 2.05) is 42.5 Å². The molecule has 0 aliphatic carbocycles. The van der Waals surface area contributed by atoms with Gasteiger partial charge in [0.25, 0.3) is 0 Å². The zero-order valence-corrected chi connectivity index (χ0v) is 14.5. The highest BCUT2D eigenvalue weighted by Crippen LogP contribution is 2.27. The molecule has 0 bridgehead atoms. The maximum atomic E-state index is 6.34. The minimum Gasteiger partial charge on any atom is -0.489 e. The average Bonchev–Trinajstić information content (AvgIpc) is 2.47. The van der Waals surface area contributed by atoms with Crippen LogP contribution >= 0.6 is 27.5 Å². The van der Waals surface area contributed by atoms with Gasteiger partial charge in [-0.2, -0.15) is 0 Å². The Labute approximate surface area is 139 Å². The molecule has 0 aliphatic rings. The molecule has 1 N–H and O–H groups in total. The van der Waals surface area contributed by atoms with Crippen LogP contribution in [0.3, 0.4) is 0 Å². The summed E-state index contributed by atoms with van der Waals surface area (Å²) in [6, 6.07) is 14.2. The van der Waals surface area contributed by atoms with Crippen molar-refractivity contribution >= 4 is 27.5 Å². The number of hydrogen-bond acceptors (Lipinski definition) is 2. The molecule has 2 nitrogen and oxygen atoms in total. The summed E-state index contributed by atoms with van der Waals surface area (Å²) in [6.45, 7) is 5.64. The second-order valence-electron chi connectivity index (χ2n) is 4.88. The van der Waals surface area contributed by atoms with Gasteiger partial charge in [-0.15, -0.1) is 0 Å². The molecule has 0 aliphatic heterocycles. The second kappa shape index (κ2) is 7.83. The SMILES string of the molecule is CCNC(C)c1ccc(OCc2ccc(Br)cc2)cc1Cl. The van der Waals surface area contributed by atoms with Crippen LogP contribution in [0.1, 0.15) is 31.0 Å². The minimum atomic E-state index is 0.239. The van der Waals surface area contributed by atoms with Gasteiger partial charge in [-0.05, 0) is 48.9 Å². The van der Waals surface area contributed by atoms with Gasteiger partial charge in [0, 0.05) is 15.5 Å². The Morgan fingerprint density at radius 2 is 1.90 bits per heavy atom.